The fourth-order valence-electron chi connectivity index (χ4n) is 5.41. The Morgan fingerprint density at radius 1 is 1.14 bits per heavy atom. The molecular formula is C30H29F3N2O2. The number of rotatable bonds is 5. The quantitative estimate of drug-likeness (QED) is 0.320. The lowest BCUT2D eigenvalue weighted by Crippen LogP contribution is -2.34. The van der Waals surface area contributed by atoms with Crippen LogP contribution in [0.1, 0.15) is 50.8 Å². The average molecular weight is 507 g/mol. The van der Waals surface area contributed by atoms with Crippen LogP contribution in [0.25, 0.3) is 16.5 Å². The van der Waals surface area contributed by atoms with Crippen molar-refractivity contribution in [1.29, 1.82) is 0 Å². The van der Waals surface area contributed by atoms with Crippen LogP contribution in [0.15, 0.2) is 66.1 Å². The molecule has 192 valence electrons. The van der Waals surface area contributed by atoms with E-state index < -0.39 is 17.2 Å². The zero-order valence-electron chi connectivity index (χ0n) is 21.5. The number of aromatic nitrogens is 1. The number of para-hydroxylation sites is 1. The van der Waals surface area contributed by atoms with Gasteiger partial charge in [0.25, 0.3) is 0 Å². The molecule has 0 unspecified atom stereocenters. The number of benzene rings is 2. The van der Waals surface area contributed by atoms with Crippen molar-refractivity contribution in [3.8, 4) is 0 Å². The van der Waals surface area contributed by atoms with Gasteiger partial charge in [-0.2, -0.15) is 17.7 Å². The molecule has 0 spiro atoms. The van der Waals surface area contributed by atoms with Gasteiger partial charge < -0.3 is 9.67 Å². The standard InChI is InChI=1S/C30H29F3N2O2/c1-17(2)12-13-35-24-11-10-18(30(31,32)33)14-22(24)29(3,4)25(35)15-20-27(36)26(28(20)37)21-16-34(5)23-9-7-6-8-19(21)23/h6-11,14-17H,12-13H2,1-5H3. The molecule has 0 atom stereocenters. The van der Waals surface area contributed by atoms with Crippen molar-refractivity contribution in [3.05, 3.63) is 82.8 Å². The number of nitrogens with zero attached hydrogens (tertiary/aromatic N) is 2. The van der Waals surface area contributed by atoms with Gasteiger partial charge in [0, 0.05) is 65.0 Å². The summed E-state index contributed by atoms with van der Waals surface area (Å²) in [6.07, 6.45) is -0.259. The molecule has 5 rings (SSSR count). The first-order chi connectivity index (χ1) is 17.3. The molecule has 2 heterocycles. The Morgan fingerprint density at radius 2 is 1.84 bits per heavy atom. The Hall–Kier alpha value is -3.61. The lowest BCUT2D eigenvalue weighted by atomic mass is 9.77. The van der Waals surface area contributed by atoms with Crippen molar-refractivity contribution in [1.82, 2.24) is 4.57 Å². The highest BCUT2D eigenvalue weighted by molar-refractivity contribution is 6.41. The lowest BCUT2D eigenvalue weighted by molar-refractivity contribution is -0.439. The number of ketones is 1. The Kier molecular flexibility index (Phi) is 5.73. The number of Topliss-reactive ketones (excluding diaryl/α,β-unsaturated/α-hetero) is 1. The largest absolute Gasteiger partial charge is 0.871 e. The normalized spacial score (nSPS) is 18.4. The minimum atomic E-state index is -4.46. The lowest BCUT2D eigenvalue weighted by Gasteiger charge is -2.30. The maximum atomic E-state index is 13.5. The van der Waals surface area contributed by atoms with Crippen molar-refractivity contribution >= 4 is 33.7 Å². The zero-order valence-corrected chi connectivity index (χ0v) is 21.5. The van der Waals surface area contributed by atoms with Gasteiger partial charge in [-0.05, 0) is 38.0 Å². The van der Waals surface area contributed by atoms with Crippen molar-refractivity contribution in [2.75, 3.05) is 6.54 Å². The predicted octanol–water partition coefficient (Wildman–Crippen LogP) is 5.90. The Balaban J connectivity index is 1.63. The Bertz CT molecular complexity index is 1550. The highest BCUT2D eigenvalue weighted by Crippen LogP contribution is 2.45. The Labute approximate surface area is 214 Å². The van der Waals surface area contributed by atoms with E-state index in [9.17, 15) is 23.1 Å². The molecule has 7 heteroatoms. The highest BCUT2D eigenvalue weighted by atomic mass is 19.4. The van der Waals surface area contributed by atoms with Gasteiger partial charge >= 0.3 is 6.18 Å². The fraction of sp³-hybridized carbons (Fsp3) is 0.333. The summed E-state index contributed by atoms with van der Waals surface area (Å²) in [6, 6.07) is 11.4. The third kappa shape index (κ3) is 3.92. The molecule has 3 aromatic rings. The summed E-state index contributed by atoms with van der Waals surface area (Å²) in [5.74, 6) is -0.297. The van der Waals surface area contributed by atoms with Crippen LogP contribution in [0.4, 0.5) is 18.9 Å². The molecule has 1 aliphatic carbocycles. The van der Waals surface area contributed by atoms with Crippen LogP contribution < -0.4 is 5.11 Å². The van der Waals surface area contributed by atoms with Crippen LogP contribution in [0.3, 0.4) is 0 Å². The average Bonchev–Trinajstić information content (AvgIpc) is 3.26. The van der Waals surface area contributed by atoms with Crippen LogP contribution in [0.5, 0.6) is 0 Å². The van der Waals surface area contributed by atoms with Crippen LogP contribution >= 0.6 is 0 Å². The van der Waals surface area contributed by atoms with Gasteiger partial charge in [-0.25, -0.2) is 0 Å². The summed E-state index contributed by atoms with van der Waals surface area (Å²) in [7, 11) is 1.87. The van der Waals surface area contributed by atoms with E-state index in [2.05, 4.69) is 13.8 Å². The number of fused-ring (bicyclic) bond motifs is 2. The van der Waals surface area contributed by atoms with Crippen molar-refractivity contribution in [2.45, 2.75) is 45.7 Å². The summed E-state index contributed by atoms with van der Waals surface area (Å²) in [5, 5.41) is 14.2. The molecule has 1 aromatic heterocycles. The maximum Gasteiger partial charge on any atom is 0.416 e. The molecule has 4 nitrogen and oxygen atoms in total. The number of alkyl halides is 3. The number of hydrogen-bond acceptors (Lipinski definition) is 2. The second-order valence-electron chi connectivity index (χ2n) is 10.8. The van der Waals surface area contributed by atoms with E-state index in [4.69, 9.17) is 0 Å². The molecule has 37 heavy (non-hydrogen) atoms. The first kappa shape index (κ1) is 25.1. The second kappa shape index (κ2) is 8.47. The molecule has 0 bridgehead atoms. The van der Waals surface area contributed by atoms with Gasteiger partial charge in [0.05, 0.1) is 11.0 Å². The van der Waals surface area contributed by atoms with Crippen LogP contribution in [0.2, 0.25) is 0 Å². The molecule has 2 aliphatic rings. The SMILES string of the molecule is CC(C)CC[N+]1=C(/C=C2\C(=O)C(c3cn(C)c4ccccc34)=C2[O-])C(C)(C)c2cc(C(F)(F)F)ccc21. The number of aryl methyl sites for hydroxylation is 1. The van der Waals surface area contributed by atoms with E-state index in [1.165, 1.54) is 12.1 Å². The van der Waals surface area contributed by atoms with Crippen LogP contribution in [-0.2, 0) is 23.4 Å². The number of allylic oxidation sites excluding steroid dienone is 3. The van der Waals surface area contributed by atoms with Gasteiger partial charge in [0.1, 0.15) is 6.54 Å². The molecule has 0 saturated carbocycles. The van der Waals surface area contributed by atoms with Crippen LogP contribution in [0, 0.1) is 5.92 Å². The Morgan fingerprint density at radius 3 is 2.49 bits per heavy atom. The molecule has 0 amide bonds. The summed E-state index contributed by atoms with van der Waals surface area (Å²) in [6.45, 7) is 8.42. The van der Waals surface area contributed by atoms with Crippen LogP contribution in [-0.4, -0.2) is 27.2 Å². The fourth-order valence-corrected chi connectivity index (χ4v) is 5.41. The monoisotopic (exact) mass is 506 g/mol. The van der Waals surface area contributed by atoms with Gasteiger partial charge in [-0.1, -0.05) is 37.8 Å². The van der Waals surface area contributed by atoms with E-state index >= 15 is 0 Å². The smallest absolute Gasteiger partial charge is 0.416 e. The van der Waals surface area contributed by atoms with E-state index in [-0.39, 0.29) is 22.7 Å². The minimum Gasteiger partial charge on any atom is -0.871 e. The first-order valence-electron chi connectivity index (χ1n) is 12.4. The molecule has 0 saturated heterocycles. The molecule has 1 aliphatic heterocycles. The topological polar surface area (TPSA) is 48.1 Å². The van der Waals surface area contributed by atoms with Gasteiger partial charge in [-0.15, -0.1) is 0 Å². The van der Waals surface area contributed by atoms with E-state index in [1.54, 1.807) is 12.3 Å². The highest BCUT2D eigenvalue weighted by Gasteiger charge is 2.47. The predicted molar refractivity (Wildman–Crippen MR) is 137 cm³/mol. The van der Waals surface area contributed by atoms with Crippen molar-refractivity contribution < 1.29 is 27.6 Å². The number of hydrogen-bond donors (Lipinski definition) is 0. The van der Waals surface area contributed by atoms with Gasteiger partial charge in [0.15, 0.2) is 11.5 Å². The van der Waals surface area contributed by atoms with E-state index in [0.717, 1.165) is 23.4 Å². The van der Waals surface area contributed by atoms with Gasteiger partial charge in [-0.3, -0.25) is 4.79 Å². The number of carbonyl (C=O) groups is 1. The van der Waals surface area contributed by atoms with E-state index in [1.807, 2.05) is 54.3 Å². The molecule has 0 fully saturated rings. The summed E-state index contributed by atoms with van der Waals surface area (Å²) in [5.41, 5.74) is 2.11. The number of halogens is 3. The van der Waals surface area contributed by atoms with Crippen molar-refractivity contribution in [3.63, 3.8) is 0 Å². The van der Waals surface area contributed by atoms with Crippen molar-refractivity contribution in [2.24, 2.45) is 13.0 Å². The second-order valence-corrected chi connectivity index (χ2v) is 10.8. The maximum absolute atomic E-state index is 13.5. The third-order valence-corrected chi connectivity index (χ3v) is 7.54. The zero-order chi connectivity index (χ0) is 26.9. The van der Waals surface area contributed by atoms with Gasteiger partial charge in [0.2, 0.25) is 5.69 Å². The molecule has 2 aromatic carbocycles. The summed E-state index contributed by atoms with van der Waals surface area (Å²) >= 11 is 0. The summed E-state index contributed by atoms with van der Waals surface area (Å²) < 4.78 is 44.4. The molecule has 0 radical (unpaired) electrons. The minimum absolute atomic E-state index is 0.0735. The number of carbonyl (C=O) groups excluding carboxylic acids is 1. The first-order valence-corrected chi connectivity index (χ1v) is 12.4. The molecule has 0 N–H and O–H groups in total. The molecular weight excluding hydrogens is 477 g/mol. The van der Waals surface area contributed by atoms with E-state index in [0.29, 0.717) is 35.0 Å². The third-order valence-electron chi connectivity index (χ3n) is 7.54. The summed E-state index contributed by atoms with van der Waals surface area (Å²) in [4.78, 5) is 13.3.